The Morgan fingerprint density at radius 1 is 0.417 bits per heavy atom. The lowest BCUT2D eigenvalue weighted by molar-refractivity contribution is -0.870. The molecule has 8 nitrogen and oxygen atoms in total. The normalized spacial score (nSPS) is 13.7. The van der Waals surface area contributed by atoms with Crippen molar-refractivity contribution in [3.8, 4) is 0 Å². The van der Waals surface area contributed by atoms with Crippen molar-refractivity contribution in [2.75, 3.05) is 40.9 Å². The van der Waals surface area contributed by atoms with E-state index in [4.69, 9.17) is 9.05 Å². The van der Waals surface area contributed by atoms with Crippen LogP contribution in [0.2, 0.25) is 0 Å². The standard InChI is InChI=1S/C75H149N2O6P/c1-6-8-10-12-14-16-18-20-22-24-26-28-30-32-34-36-37-38-39-41-43-45-47-49-51-53-55-57-59-61-63-65-67-69-75(79)76-73(72-83-84(80,81)82-71-70-77(3,4)5)74(78)68-66-64-62-60-58-56-54-52-50-48-46-44-42-40-35-33-31-29-27-25-23-21-19-17-15-13-11-9-7-2/h18,20,24,26,73-74,78H,6-17,19,21-23,25,27-72H2,1-5H3,(H-,76,79,80,81)/b20-18-,26-24-. The summed E-state index contributed by atoms with van der Waals surface area (Å²) in [5.74, 6) is -0.155. The first-order chi connectivity index (χ1) is 41.0. The summed E-state index contributed by atoms with van der Waals surface area (Å²) in [6.45, 7) is 4.78. The van der Waals surface area contributed by atoms with Crippen molar-refractivity contribution in [3.63, 3.8) is 0 Å². The lowest BCUT2D eigenvalue weighted by Crippen LogP contribution is -2.46. The van der Waals surface area contributed by atoms with Crippen molar-refractivity contribution >= 4 is 13.7 Å². The Morgan fingerprint density at radius 3 is 0.988 bits per heavy atom. The molecular weight excluding hydrogens is 1060 g/mol. The van der Waals surface area contributed by atoms with Gasteiger partial charge in [-0.3, -0.25) is 9.36 Å². The molecular formula is C75H149N2O6P. The maximum absolute atomic E-state index is 13.1. The first kappa shape index (κ1) is 83.0. The Bertz CT molecular complexity index is 1420. The van der Waals surface area contributed by atoms with Gasteiger partial charge in [0.1, 0.15) is 13.2 Å². The van der Waals surface area contributed by atoms with E-state index in [-0.39, 0.29) is 19.1 Å². The molecule has 0 aliphatic carbocycles. The number of phosphoric acid groups is 1. The van der Waals surface area contributed by atoms with Crippen LogP contribution in [-0.2, 0) is 18.4 Å². The molecule has 0 saturated heterocycles. The van der Waals surface area contributed by atoms with Crippen molar-refractivity contribution in [2.24, 2.45) is 0 Å². The number of carbonyl (C=O) groups is 1. The number of hydrogen-bond donors (Lipinski definition) is 2. The average molecular weight is 1210 g/mol. The molecule has 3 atom stereocenters. The van der Waals surface area contributed by atoms with E-state index >= 15 is 0 Å². The van der Waals surface area contributed by atoms with E-state index in [0.29, 0.717) is 23.9 Å². The zero-order valence-corrected chi connectivity index (χ0v) is 58.3. The van der Waals surface area contributed by atoms with Gasteiger partial charge in [0.05, 0.1) is 39.9 Å². The van der Waals surface area contributed by atoms with E-state index in [1.165, 1.54) is 327 Å². The second kappa shape index (κ2) is 66.4. The molecule has 0 aliphatic rings. The van der Waals surface area contributed by atoms with Gasteiger partial charge in [0.2, 0.25) is 5.91 Å². The molecule has 0 aromatic heterocycles. The van der Waals surface area contributed by atoms with Crippen molar-refractivity contribution in [1.29, 1.82) is 0 Å². The molecule has 0 aromatic rings. The first-order valence-electron chi connectivity index (χ1n) is 37.7. The van der Waals surface area contributed by atoms with E-state index < -0.39 is 20.0 Å². The number of amides is 1. The number of quaternary nitrogens is 1. The van der Waals surface area contributed by atoms with Gasteiger partial charge in [0, 0.05) is 6.42 Å². The van der Waals surface area contributed by atoms with Crippen LogP contribution < -0.4 is 10.2 Å². The van der Waals surface area contributed by atoms with Crippen LogP contribution in [0.15, 0.2) is 24.3 Å². The van der Waals surface area contributed by atoms with Crippen LogP contribution in [0.1, 0.15) is 399 Å². The molecule has 2 N–H and O–H groups in total. The Morgan fingerprint density at radius 2 is 0.690 bits per heavy atom. The molecule has 3 unspecified atom stereocenters. The Hall–Kier alpha value is -1.02. The largest absolute Gasteiger partial charge is 0.756 e. The van der Waals surface area contributed by atoms with E-state index in [1.807, 2.05) is 21.1 Å². The summed E-state index contributed by atoms with van der Waals surface area (Å²) >= 11 is 0. The van der Waals surface area contributed by atoms with Crippen LogP contribution in [0.5, 0.6) is 0 Å². The fraction of sp³-hybridized carbons (Fsp3) is 0.933. The topological polar surface area (TPSA) is 108 Å². The van der Waals surface area contributed by atoms with E-state index in [1.54, 1.807) is 0 Å². The molecule has 0 bridgehead atoms. The lowest BCUT2D eigenvalue weighted by Gasteiger charge is -2.30. The highest BCUT2D eigenvalue weighted by molar-refractivity contribution is 7.45. The number of aliphatic hydroxyl groups excluding tert-OH is 1. The predicted octanol–water partition coefficient (Wildman–Crippen LogP) is 23.6. The zero-order chi connectivity index (χ0) is 61.2. The summed E-state index contributed by atoms with van der Waals surface area (Å²) in [5, 5.41) is 14.1. The van der Waals surface area contributed by atoms with Gasteiger partial charge in [-0.2, -0.15) is 0 Å². The molecule has 0 rings (SSSR count). The second-order valence-corrected chi connectivity index (χ2v) is 28.8. The molecule has 0 heterocycles. The third kappa shape index (κ3) is 68.5. The van der Waals surface area contributed by atoms with Gasteiger partial charge < -0.3 is 28.8 Å². The molecule has 0 spiro atoms. The second-order valence-electron chi connectivity index (χ2n) is 27.4. The highest BCUT2D eigenvalue weighted by Crippen LogP contribution is 2.38. The summed E-state index contributed by atoms with van der Waals surface area (Å²) in [7, 11) is 1.33. The van der Waals surface area contributed by atoms with Gasteiger partial charge >= 0.3 is 0 Å². The molecule has 9 heteroatoms. The van der Waals surface area contributed by atoms with E-state index in [0.717, 1.165) is 44.9 Å². The molecule has 0 fully saturated rings. The van der Waals surface area contributed by atoms with Crippen LogP contribution in [0.25, 0.3) is 0 Å². The van der Waals surface area contributed by atoms with Gasteiger partial charge in [-0.1, -0.05) is 372 Å². The predicted molar refractivity (Wildman–Crippen MR) is 367 cm³/mol. The van der Waals surface area contributed by atoms with E-state index in [9.17, 15) is 19.4 Å². The van der Waals surface area contributed by atoms with Crippen LogP contribution in [0, 0.1) is 0 Å². The number of phosphoric ester groups is 1. The van der Waals surface area contributed by atoms with Crippen molar-refractivity contribution < 1.29 is 32.9 Å². The van der Waals surface area contributed by atoms with Crippen LogP contribution in [-0.4, -0.2) is 68.5 Å². The molecule has 1 amide bonds. The monoisotopic (exact) mass is 1210 g/mol. The summed E-state index contributed by atoms with van der Waals surface area (Å²) in [5.41, 5.74) is 0. The first-order valence-corrected chi connectivity index (χ1v) is 39.1. The average Bonchev–Trinajstić information content (AvgIpc) is 3.56. The summed E-state index contributed by atoms with van der Waals surface area (Å²) in [4.78, 5) is 25.7. The Balaban J connectivity index is 3.95. The molecule has 0 radical (unpaired) electrons. The minimum absolute atomic E-state index is 0.0154. The smallest absolute Gasteiger partial charge is 0.268 e. The number of allylic oxidation sites excluding steroid dienone is 4. The van der Waals surface area contributed by atoms with Crippen LogP contribution in [0.3, 0.4) is 0 Å². The highest BCUT2D eigenvalue weighted by Gasteiger charge is 2.24. The minimum atomic E-state index is -4.58. The number of likely N-dealkylation sites (N-methyl/N-ethyl adjacent to an activating group) is 1. The minimum Gasteiger partial charge on any atom is -0.756 e. The fourth-order valence-corrected chi connectivity index (χ4v) is 12.6. The Kier molecular flexibility index (Phi) is 65.6. The van der Waals surface area contributed by atoms with Gasteiger partial charge in [0.25, 0.3) is 7.82 Å². The van der Waals surface area contributed by atoms with E-state index in [2.05, 4.69) is 43.5 Å². The number of nitrogens with zero attached hydrogens (tertiary/aromatic N) is 1. The maximum Gasteiger partial charge on any atom is 0.268 e. The van der Waals surface area contributed by atoms with Gasteiger partial charge in [0.15, 0.2) is 0 Å². The summed E-state index contributed by atoms with van der Waals surface area (Å²) in [6.07, 6.45) is 87.1. The molecule has 84 heavy (non-hydrogen) atoms. The molecule has 500 valence electrons. The number of aliphatic hydroxyl groups is 1. The quantitative estimate of drug-likeness (QED) is 0.0272. The van der Waals surface area contributed by atoms with Crippen molar-refractivity contribution in [2.45, 2.75) is 411 Å². The highest BCUT2D eigenvalue weighted by atomic mass is 31.2. The van der Waals surface area contributed by atoms with Gasteiger partial charge in [-0.05, 0) is 44.9 Å². The Labute approximate surface area is 525 Å². The summed E-state index contributed by atoms with van der Waals surface area (Å²) in [6, 6.07) is -0.800. The van der Waals surface area contributed by atoms with Gasteiger partial charge in [-0.15, -0.1) is 0 Å². The SMILES string of the molecule is CCCCCCC/C=C\C/C=C\CCCCCCCCCCCCCCCCCCCCCCCC(=O)NC(COP(=O)([O-])OCC[N+](C)(C)C)C(O)CCCCCCCCCCCCCCCCCCCCCCCCCCCCCCC. The maximum atomic E-state index is 13.1. The third-order valence-corrected chi connectivity index (χ3v) is 18.7. The fourth-order valence-electron chi connectivity index (χ4n) is 11.8. The third-order valence-electron chi connectivity index (χ3n) is 17.7. The van der Waals surface area contributed by atoms with Crippen molar-refractivity contribution in [1.82, 2.24) is 5.32 Å². The number of unbranched alkanes of at least 4 members (excludes halogenated alkanes) is 54. The van der Waals surface area contributed by atoms with Crippen molar-refractivity contribution in [3.05, 3.63) is 24.3 Å². The summed E-state index contributed by atoms with van der Waals surface area (Å²) < 4.78 is 23.6. The molecule has 0 saturated carbocycles. The zero-order valence-electron chi connectivity index (χ0n) is 57.4. The van der Waals surface area contributed by atoms with Gasteiger partial charge in [-0.25, -0.2) is 0 Å². The number of carbonyl (C=O) groups excluding carboxylic acids is 1. The van der Waals surface area contributed by atoms with Crippen LogP contribution >= 0.6 is 7.82 Å². The number of rotatable bonds is 71. The lowest BCUT2D eigenvalue weighted by atomic mass is 10.0. The van der Waals surface area contributed by atoms with Crippen LogP contribution in [0.4, 0.5) is 0 Å². The molecule has 0 aromatic carbocycles. The number of nitrogens with one attached hydrogen (secondary N) is 1. The number of hydrogen-bond acceptors (Lipinski definition) is 6. The molecule has 0 aliphatic heterocycles.